The second-order valence-electron chi connectivity index (χ2n) is 8.80. The molecule has 4 heterocycles. The summed E-state index contributed by atoms with van der Waals surface area (Å²) in [7, 11) is 7.22. The zero-order valence-electron chi connectivity index (χ0n) is 19.8. The highest BCUT2D eigenvalue weighted by molar-refractivity contribution is 5.88. The Bertz CT molecular complexity index is 1900. The maximum Gasteiger partial charge on any atom is 0.328 e. The molecule has 0 spiro atoms. The van der Waals surface area contributed by atoms with Crippen LogP contribution in [-0.4, -0.2) is 32.8 Å². The van der Waals surface area contributed by atoms with Crippen molar-refractivity contribution < 1.29 is 0 Å². The summed E-state index contributed by atoms with van der Waals surface area (Å²) >= 11 is 0. The fourth-order valence-corrected chi connectivity index (χ4v) is 4.63. The molecule has 174 valence electrons. The Balaban J connectivity index is 1.63. The van der Waals surface area contributed by atoms with E-state index in [4.69, 9.17) is 4.98 Å². The quantitative estimate of drug-likeness (QED) is 0.402. The molecule has 0 fully saturated rings. The van der Waals surface area contributed by atoms with Gasteiger partial charge in [0.05, 0.1) is 34.6 Å². The van der Waals surface area contributed by atoms with Gasteiger partial charge in [0.1, 0.15) is 5.69 Å². The van der Waals surface area contributed by atoms with E-state index in [9.17, 15) is 9.59 Å². The normalized spacial score (nSPS) is 11.7. The van der Waals surface area contributed by atoms with Gasteiger partial charge in [-0.3, -0.25) is 18.5 Å². The molecule has 9 heteroatoms. The minimum absolute atomic E-state index is 0.0644. The summed E-state index contributed by atoms with van der Waals surface area (Å²) in [5.41, 5.74) is 6.77. The van der Waals surface area contributed by atoms with E-state index in [1.54, 1.807) is 59.6 Å². The van der Waals surface area contributed by atoms with Gasteiger partial charge in [0, 0.05) is 46.1 Å². The van der Waals surface area contributed by atoms with Crippen LogP contribution in [0, 0.1) is 0 Å². The van der Waals surface area contributed by atoms with Crippen LogP contribution in [0.3, 0.4) is 0 Å². The van der Waals surface area contributed by atoms with Crippen LogP contribution in [0.5, 0.6) is 0 Å². The van der Waals surface area contributed by atoms with E-state index in [0.717, 1.165) is 50.4 Å². The van der Waals surface area contributed by atoms with Crippen molar-refractivity contribution in [1.82, 2.24) is 32.8 Å². The molecule has 6 aromatic rings. The number of imidazole rings is 3. The topological polar surface area (TPSA) is 84.6 Å². The summed E-state index contributed by atoms with van der Waals surface area (Å²) in [6, 6.07) is 15.5. The zero-order chi connectivity index (χ0) is 24.4. The summed E-state index contributed by atoms with van der Waals surface area (Å²) < 4.78 is 8.84. The van der Waals surface area contributed by atoms with Gasteiger partial charge in [0.25, 0.3) is 5.56 Å². The second kappa shape index (κ2) is 7.42. The van der Waals surface area contributed by atoms with Gasteiger partial charge in [-0.05, 0) is 47.5 Å². The molecule has 0 amide bonds. The molecule has 0 aliphatic carbocycles. The van der Waals surface area contributed by atoms with Crippen molar-refractivity contribution in [2.45, 2.75) is 0 Å². The Morgan fingerprint density at radius 3 is 2.23 bits per heavy atom. The summed E-state index contributed by atoms with van der Waals surface area (Å²) in [6.45, 7) is 0. The molecule has 2 aromatic carbocycles. The van der Waals surface area contributed by atoms with Gasteiger partial charge in [0.2, 0.25) is 0 Å². The lowest BCUT2D eigenvalue weighted by molar-refractivity contribution is 0.795. The van der Waals surface area contributed by atoms with Gasteiger partial charge in [-0.25, -0.2) is 14.8 Å². The van der Waals surface area contributed by atoms with Crippen LogP contribution in [0.4, 0.5) is 0 Å². The van der Waals surface area contributed by atoms with Gasteiger partial charge in [-0.1, -0.05) is 6.07 Å². The smallest absolute Gasteiger partial charge is 0.328 e. The first-order valence-corrected chi connectivity index (χ1v) is 11.2. The first-order chi connectivity index (χ1) is 16.8. The van der Waals surface area contributed by atoms with E-state index in [1.165, 1.54) is 0 Å². The fourth-order valence-electron chi connectivity index (χ4n) is 4.63. The largest absolute Gasteiger partial charge is 0.331 e. The fraction of sp³-hybridized carbons (Fsp3) is 0.154. The number of fused-ring (bicyclic) bond motifs is 2. The lowest BCUT2D eigenvalue weighted by Crippen LogP contribution is -2.19. The third-order valence-electron chi connectivity index (χ3n) is 6.65. The second-order valence-corrected chi connectivity index (χ2v) is 8.80. The molecule has 0 saturated heterocycles. The Morgan fingerprint density at radius 1 is 0.743 bits per heavy atom. The molecule has 0 bridgehead atoms. The third-order valence-corrected chi connectivity index (χ3v) is 6.65. The van der Waals surface area contributed by atoms with Gasteiger partial charge in [-0.15, -0.1) is 0 Å². The number of benzene rings is 2. The number of rotatable bonds is 3. The zero-order valence-corrected chi connectivity index (χ0v) is 19.8. The van der Waals surface area contributed by atoms with Crippen LogP contribution < -0.4 is 11.2 Å². The minimum Gasteiger partial charge on any atom is -0.331 e. The van der Waals surface area contributed by atoms with E-state index in [1.807, 2.05) is 54.1 Å². The molecule has 6 rings (SSSR count). The number of nitrogens with zero attached hydrogens (tertiary/aromatic N) is 7. The Hall–Kier alpha value is -4.66. The average molecular weight is 466 g/mol. The van der Waals surface area contributed by atoms with Crippen LogP contribution in [-0.2, 0) is 28.2 Å². The van der Waals surface area contributed by atoms with Crippen molar-refractivity contribution in [3.63, 3.8) is 0 Å². The van der Waals surface area contributed by atoms with E-state index in [0.29, 0.717) is 0 Å². The molecule has 4 aromatic heterocycles. The molecule has 0 radical (unpaired) electrons. The number of hydrogen-bond donors (Lipinski definition) is 0. The van der Waals surface area contributed by atoms with Crippen LogP contribution in [0.1, 0.15) is 0 Å². The highest BCUT2D eigenvalue weighted by atomic mass is 16.1. The maximum atomic E-state index is 12.5. The third kappa shape index (κ3) is 3.08. The van der Waals surface area contributed by atoms with Crippen LogP contribution in [0.2, 0.25) is 0 Å². The maximum absolute atomic E-state index is 12.5. The molecule has 0 saturated carbocycles. The molecular weight excluding hydrogens is 442 g/mol. The van der Waals surface area contributed by atoms with Crippen molar-refractivity contribution >= 4 is 22.1 Å². The summed E-state index contributed by atoms with van der Waals surface area (Å²) in [4.78, 5) is 33.9. The Morgan fingerprint density at radius 2 is 1.49 bits per heavy atom. The van der Waals surface area contributed by atoms with Gasteiger partial charge in [0.15, 0.2) is 5.82 Å². The molecule has 0 atom stereocenters. The number of aryl methyl sites for hydroxylation is 4. The van der Waals surface area contributed by atoms with Gasteiger partial charge < -0.3 is 9.13 Å². The van der Waals surface area contributed by atoms with Crippen LogP contribution in [0.25, 0.3) is 50.4 Å². The van der Waals surface area contributed by atoms with E-state index in [2.05, 4.69) is 9.55 Å². The summed E-state index contributed by atoms with van der Waals surface area (Å²) in [6.07, 6.45) is 5.30. The van der Waals surface area contributed by atoms with Gasteiger partial charge >= 0.3 is 5.69 Å². The van der Waals surface area contributed by atoms with E-state index < -0.39 is 0 Å². The predicted molar refractivity (Wildman–Crippen MR) is 136 cm³/mol. The van der Waals surface area contributed by atoms with E-state index >= 15 is 0 Å². The molecule has 35 heavy (non-hydrogen) atoms. The van der Waals surface area contributed by atoms with Crippen molar-refractivity contribution in [3.8, 4) is 28.3 Å². The number of aromatic nitrogens is 7. The number of hydrogen-bond acceptors (Lipinski definition) is 4. The lowest BCUT2D eigenvalue weighted by atomic mass is 10.1. The molecule has 0 N–H and O–H groups in total. The van der Waals surface area contributed by atoms with Crippen molar-refractivity contribution in [2.75, 3.05) is 0 Å². The standard InChI is InChI=1S/C26H23N7O2/c1-29-10-9-17(12-24(29)34)16-5-7-20-19(11-16)28-25(23-14-27-15-30(23)2)33(20)18-6-8-21-22(13-18)32(4)26(35)31(21)3/h5-15H,1-4H3. The molecule has 0 aliphatic rings. The van der Waals surface area contributed by atoms with Crippen molar-refractivity contribution in [1.29, 1.82) is 0 Å². The Kier molecular flexibility index (Phi) is 4.44. The highest BCUT2D eigenvalue weighted by Crippen LogP contribution is 2.32. The van der Waals surface area contributed by atoms with Crippen LogP contribution >= 0.6 is 0 Å². The summed E-state index contributed by atoms with van der Waals surface area (Å²) in [5.74, 6) is 0.737. The van der Waals surface area contributed by atoms with Crippen LogP contribution in [0.15, 0.2) is 76.8 Å². The van der Waals surface area contributed by atoms with Gasteiger partial charge in [-0.2, -0.15) is 0 Å². The first-order valence-electron chi connectivity index (χ1n) is 11.2. The molecule has 0 unspecified atom stereocenters. The summed E-state index contributed by atoms with van der Waals surface area (Å²) in [5, 5.41) is 0. The first kappa shape index (κ1) is 20.9. The Labute approximate surface area is 199 Å². The van der Waals surface area contributed by atoms with Crippen molar-refractivity contribution in [3.05, 3.63) is 88.1 Å². The average Bonchev–Trinajstić information content (AvgIpc) is 3.51. The monoisotopic (exact) mass is 465 g/mol. The van der Waals surface area contributed by atoms with E-state index in [-0.39, 0.29) is 11.2 Å². The molecule has 9 nitrogen and oxygen atoms in total. The number of pyridine rings is 1. The molecule has 0 aliphatic heterocycles. The predicted octanol–water partition coefficient (Wildman–Crippen LogP) is 2.98. The SMILES string of the molecule is Cn1cncc1-c1nc2cc(-c3ccn(C)c(=O)c3)ccc2n1-c1ccc2c(c1)n(C)c(=O)n2C. The minimum atomic E-state index is -0.0712. The molecular formula is C26H23N7O2. The van der Waals surface area contributed by atoms with Crippen molar-refractivity contribution in [2.24, 2.45) is 28.2 Å². The highest BCUT2D eigenvalue weighted by Gasteiger charge is 2.19. The lowest BCUT2D eigenvalue weighted by Gasteiger charge is -2.11.